The summed E-state index contributed by atoms with van der Waals surface area (Å²) in [5.41, 5.74) is 0. The molecule has 1 amide bonds. The Hall–Kier alpha value is -0.610. The lowest BCUT2D eigenvalue weighted by Crippen LogP contribution is -2.35. The summed E-state index contributed by atoms with van der Waals surface area (Å²) in [5, 5.41) is 6.28. The summed E-state index contributed by atoms with van der Waals surface area (Å²) in [6, 6.07) is 1.07. The Morgan fingerprint density at radius 1 is 1.38 bits per heavy atom. The smallest absolute Gasteiger partial charge is 0.221 e. The third kappa shape index (κ3) is 6.08. The van der Waals surface area contributed by atoms with Gasteiger partial charge in [0.15, 0.2) is 0 Å². The molecule has 4 heteroatoms. The predicted octanol–water partition coefficient (Wildman–Crippen LogP) is 0.585. The van der Waals surface area contributed by atoms with Crippen LogP contribution in [0.4, 0.5) is 0 Å². The normalized spacial score (nSPS) is 15.8. The van der Waals surface area contributed by atoms with Crippen LogP contribution in [0, 0.1) is 0 Å². The minimum atomic E-state index is 0.187. The van der Waals surface area contributed by atoms with E-state index < -0.39 is 0 Å². The third-order valence-corrected chi connectivity index (χ3v) is 2.99. The summed E-state index contributed by atoms with van der Waals surface area (Å²) in [6.45, 7) is 7.13. The van der Waals surface area contributed by atoms with E-state index >= 15 is 0 Å². The molecule has 2 N–H and O–H groups in total. The van der Waals surface area contributed by atoms with Gasteiger partial charge >= 0.3 is 0 Å². The maximum Gasteiger partial charge on any atom is 0.221 e. The molecule has 0 aromatic carbocycles. The van der Waals surface area contributed by atoms with Crippen molar-refractivity contribution >= 4 is 5.91 Å². The Morgan fingerprint density at radius 3 is 2.62 bits per heavy atom. The van der Waals surface area contributed by atoms with Crippen LogP contribution in [-0.4, -0.2) is 49.6 Å². The molecule has 0 saturated heterocycles. The molecule has 94 valence electrons. The van der Waals surface area contributed by atoms with Crippen LogP contribution < -0.4 is 10.6 Å². The van der Waals surface area contributed by atoms with Crippen molar-refractivity contribution in [1.82, 2.24) is 15.5 Å². The Bertz CT molecular complexity index is 214. The highest BCUT2D eigenvalue weighted by Gasteiger charge is 2.22. The molecule has 0 radical (unpaired) electrons. The van der Waals surface area contributed by atoms with Gasteiger partial charge in [-0.05, 0) is 33.7 Å². The van der Waals surface area contributed by atoms with Crippen LogP contribution in [0.2, 0.25) is 0 Å². The number of carbonyl (C=O) groups is 1. The number of amides is 1. The summed E-state index contributed by atoms with van der Waals surface area (Å²) in [5.74, 6) is 0.187. The summed E-state index contributed by atoms with van der Waals surface area (Å²) in [4.78, 5) is 13.6. The number of nitrogens with zero attached hydrogens (tertiary/aromatic N) is 1. The molecule has 0 aromatic rings. The minimum absolute atomic E-state index is 0.187. The predicted molar refractivity (Wildman–Crippen MR) is 66.4 cm³/mol. The van der Waals surface area contributed by atoms with Gasteiger partial charge in [-0.15, -0.1) is 0 Å². The summed E-state index contributed by atoms with van der Waals surface area (Å²) in [7, 11) is 2.12. The van der Waals surface area contributed by atoms with Gasteiger partial charge in [-0.25, -0.2) is 0 Å². The van der Waals surface area contributed by atoms with Crippen LogP contribution in [0.5, 0.6) is 0 Å². The Kier molecular flexibility index (Phi) is 5.77. The van der Waals surface area contributed by atoms with E-state index in [9.17, 15) is 4.79 Å². The maximum atomic E-state index is 11.3. The zero-order chi connectivity index (χ0) is 12.0. The standard InChI is InChI=1S/C12H25N3O/c1-10(2)15(3)9-8-13-7-6-12(16)14-11-4-5-11/h10-11,13H,4-9H2,1-3H3,(H,14,16). The highest BCUT2D eigenvalue weighted by atomic mass is 16.1. The second-order valence-corrected chi connectivity index (χ2v) is 4.92. The van der Waals surface area contributed by atoms with E-state index in [2.05, 4.69) is 36.4 Å². The molecule has 0 atom stereocenters. The molecule has 1 rings (SSSR count). The quantitative estimate of drug-likeness (QED) is 0.596. The first-order valence-electron chi connectivity index (χ1n) is 6.30. The van der Waals surface area contributed by atoms with E-state index in [1.54, 1.807) is 0 Å². The average Bonchev–Trinajstić information content (AvgIpc) is 3.00. The van der Waals surface area contributed by atoms with Crippen LogP contribution in [0.15, 0.2) is 0 Å². The van der Waals surface area contributed by atoms with Crippen molar-refractivity contribution in [3.63, 3.8) is 0 Å². The first-order chi connectivity index (χ1) is 7.59. The zero-order valence-corrected chi connectivity index (χ0v) is 10.8. The molecule has 16 heavy (non-hydrogen) atoms. The molecule has 0 aliphatic heterocycles. The summed E-state index contributed by atoms with van der Waals surface area (Å²) < 4.78 is 0. The fourth-order valence-electron chi connectivity index (χ4n) is 1.37. The molecular formula is C12H25N3O. The lowest BCUT2D eigenvalue weighted by molar-refractivity contribution is -0.121. The molecule has 0 heterocycles. The lowest BCUT2D eigenvalue weighted by atomic mass is 10.3. The number of nitrogens with one attached hydrogen (secondary N) is 2. The summed E-state index contributed by atoms with van der Waals surface area (Å²) >= 11 is 0. The molecule has 4 nitrogen and oxygen atoms in total. The average molecular weight is 227 g/mol. The van der Waals surface area contributed by atoms with Crippen LogP contribution >= 0.6 is 0 Å². The Morgan fingerprint density at radius 2 is 2.06 bits per heavy atom. The monoisotopic (exact) mass is 227 g/mol. The number of hydrogen-bond acceptors (Lipinski definition) is 3. The number of rotatable bonds is 8. The van der Waals surface area contributed by atoms with Crippen molar-refractivity contribution in [2.75, 3.05) is 26.7 Å². The van der Waals surface area contributed by atoms with Gasteiger partial charge in [0.2, 0.25) is 5.91 Å². The molecular weight excluding hydrogens is 202 g/mol. The van der Waals surface area contributed by atoms with Crippen molar-refractivity contribution in [2.45, 2.75) is 45.2 Å². The largest absolute Gasteiger partial charge is 0.353 e. The molecule has 1 saturated carbocycles. The number of hydrogen-bond donors (Lipinski definition) is 2. The van der Waals surface area contributed by atoms with Gasteiger partial charge in [-0.1, -0.05) is 0 Å². The molecule has 0 aromatic heterocycles. The van der Waals surface area contributed by atoms with E-state index in [0.29, 0.717) is 18.5 Å². The molecule has 1 aliphatic carbocycles. The van der Waals surface area contributed by atoms with Crippen LogP contribution in [-0.2, 0) is 4.79 Å². The topological polar surface area (TPSA) is 44.4 Å². The summed E-state index contributed by atoms with van der Waals surface area (Å²) in [6.07, 6.45) is 2.93. The lowest BCUT2D eigenvalue weighted by Gasteiger charge is -2.20. The van der Waals surface area contributed by atoms with Crippen LogP contribution in [0.1, 0.15) is 33.1 Å². The van der Waals surface area contributed by atoms with E-state index in [1.165, 1.54) is 12.8 Å². The number of likely N-dealkylation sites (N-methyl/N-ethyl adjacent to an activating group) is 1. The number of carbonyl (C=O) groups excluding carboxylic acids is 1. The zero-order valence-electron chi connectivity index (χ0n) is 10.8. The van der Waals surface area contributed by atoms with Crippen molar-refractivity contribution in [3.05, 3.63) is 0 Å². The van der Waals surface area contributed by atoms with Gasteiger partial charge in [-0.2, -0.15) is 0 Å². The minimum Gasteiger partial charge on any atom is -0.353 e. The fraction of sp³-hybridized carbons (Fsp3) is 0.917. The second kappa shape index (κ2) is 6.86. The molecule has 0 bridgehead atoms. The van der Waals surface area contributed by atoms with Crippen molar-refractivity contribution < 1.29 is 4.79 Å². The first-order valence-corrected chi connectivity index (χ1v) is 6.30. The van der Waals surface area contributed by atoms with Crippen molar-refractivity contribution in [2.24, 2.45) is 0 Å². The van der Waals surface area contributed by atoms with Gasteiger partial charge < -0.3 is 15.5 Å². The van der Waals surface area contributed by atoms with Gasteiger partial charge in [0.1, 0.15) is 0 Å². The van der Waals surface area contributed by atoms with E-state index in [-0.39, 0.29) is 5.91 Å². The highest BCUT2D eigenvalue weighted by Crippen LogP contribution is 2.18. The van der Waals surface area contributed by atoms with Gasteiger partial charge in [0.05, 0.1) is 0 Å². The van der Waals surface area contributed by atoms with Crippen LogP contribution in [0.3, 0.4) is 0 Å². The molecule has 1 fully saturated rings. The molecule has 0 unspecified atom stereocenters. The van der Waals surface area contributed by atoms with E-state index in [4.69, 9.17) is 0 Å². The molecule has 1 aliphatic rings. The van der Waals surface area contributed by atoms with Gasteiger partial charge in [-0.3, -0.25) is 4.79 Å². The highest BCUT2D eigenvalue weighted by molar-refractivity contribution is 5.76. The Labute approximate surface area is 98.8 Å². The fourth-order valence-corrected chi connectivity index (χ4v) is 1.37. The van der Waals surface area contributed by atoms with E-state index in [0.717, 1.165) is 19.6 Å². The maximum absolute atomic E-state index is 11.3. The van der Waals surface area contributed by atoms with Gasteiger partial charge in [0, 0.05) is 38.1 Å². The second-order valence-electron chi connectivity index (χ2n) is 4.92. The van der Waals surface area contributed by atoms with Gasteiger partial charge in [0.25, 0.3) is 0 Å². The first kappa shape index (κ1) is 13.5. The van der Waals surface area contributed by atoms with Crippen LogP contribution in [0.25, 0.3) is 0 Å². The van der Waals surface area contributed by atoms with Crippen molar-refractivity contribution in [1.29, 1.82) is 0 Å². The van der Waals surface area contributed by atoms with E-state index in [1.807, 2.05) is 0 Å². The SMILES string of the molecule is CC(C)N(C)CCNCCC(=O)NC1CC1. The third-order valence-electron chi connectivity index (χ3n) is 2.99. The molecule has 0 spiro atoms. The Balaban J connectivity index is 1.88. The van der Waals surface area contributed by atoms with Crippen molar-refractivity contribution in [3.8, 4) is 0 Å².